The van der Waals surface area contributed by atoms with Crippen molar-refractivity contribution in [1.82, 2.24) is 14.9 Å². The molecule has 1 aromatic carbocycles. The van der Waals surface area contributed by atoms with E-state index < -0.39 is 29.8 Å². The molecule has 0 aliphatic carbocycles. The summed E-state index contributed by atoms with van der Waals surface area (Å²) < 4.78 is 43.7. The number of pyridine rings is 2. The topological polar surface area (TPSA) is 117 Å². The molecule has 4 rings (SSSR count). The van der Waals surface area contributed by atoms with Crippen LogP contribution in [0.2, 0.25) is 0 Å². The maximum atomic E-state index is 12.9. The molecule has 2 aromatic heterocycles. The number of aryl methyl sites for hydroxylation is 1. The molecule has 1 aliphatic heterocycles. The minimum atomic E-state index is -4.50. The fourth-order valence-corrected chi connectivity index (χ4v) is 4.40. The van der Waals surface area contributed by atoms with Crippen molar-refractivity contribution < 1.29 is 32.6 Å². The average molecular weight is 558 g/mol. The minimum absolute atomic E-state index is 0.0501. The highest BCUT2D eigenvalue weighted by molar-refractivity contribution is 5.91. The van der Waals surface area contributed by atoms with Gasteiger partial charge in [-0.15, -0.1) is 0 Å². The predicted octanol–water partition coefficient (Wildman–Crippen LogP) is 5.78. The standard InChI is InChI=1S/C28H30F3N5O4/c1-15-10-23(33-12-17-6-9-22(32-11-17)28(29,30)31)34-13-19(15)18-7-8-21(35-16(2)37)24-20(18)14-36(25(24)38)26(39)40-27(3,4)5/h6-11,13,25,38H,12,14H2,1-5H3,(H,33,34)(H,35,37). The molecule has 0 radical (unpaired) electrons. The second kappa shape index (κ2) is 10.8. The summed E-state index contributed by atoms with van der Waals surface area (Å²) in [4.78, 5) is 33.8. The lowest BCUT2D eigenvalue weighted by Crippen LogP contribution is -2.35. The molecule has 0 saturated carbocycles. The van der Waals surface area contributed by atoms with E-state index in [1.165, 1.54) is 24.1 Å². The summed E-state index contributed by atoms with van der Waals surface area (Å²) >= 11 is 0. The molecule has 12 heteroatoms. The quantitative estimate of drug-likeness (QED) is 0.364. The zero-order valence-corrected chi connectivity index (χ0v) is 22.7. The molecular weight excluding hydrogens is 527 g/mol. The van der Waals surface area contributed by atoms with Crippen LogP contribution < -0.4 is 10.6 Å². The monoisotopic (exact) mass is 557 g/mol. The lowest BCUT2D eigenvalue weighted by atomic mass is 9.94. The number of aliphatic hydroxyl groups excluding tert-OH is 1. The van der Waals surface area contributed by atoms with Crippen molar-refractivity contribution in [2.75, 3.05) is 10.6 Å². The van der Waals surface area contributed by atoms with Gasteiger partial charge in [0.05, 0.1) is 6.54 Å². The Labute approximate surface area is 229 Å². The van der Waals surface area contributed by atoms with E-state index in [0.29, 0.717) is 28.2 Å². The Bertz CT molecular complexity index is 1440. The van der Waals surface area contributed by atoms with Gasteiger partial charge in [0.2, 0.25) is 5.91 Å². The molecule has 212 valence electrons. The average Bonchev–Trinajstić information content (AvgIpc) is 3.20. The molecule has 1 atom stereocenters. The van der Waals surface area contributed by atoms with E-state index in [1.54, 1.807) is 45.2 Å². The van der Waals surface area contributed by atoms with Crippen molar-refractivity contribution in [3.05, 3.63) is 70.7 Å². The van der Waals surface area contributed by atoms with Gasteiger partial charge < -0.3 is 20.5 Å². The van der Waals surface area contributed by atoms with E-state index in [1.807, 2.05) is 6.92 Å². The van der Waals surface area contributed by atoms with Crippen molar-refractivity contribution in [2.45, 2.75) is 65.7 Å². The van der Waals surface area contributed by atoms with E-state index in [2.05, 4.69) is 20.6 Å². The zero-order valence-electron chi connectivity index (χ0n) is 22.7. The SMILES string of the molecule is CC(=O)Nc1ccc(-c2cnc(NCc3ccc(C(F)(F)F)nc3)cc2C)c2c1C(O)N(C(=O)OC(C)(C)C)C2. The van der Waals surface area contributed by atoms with Gasteiger partial charge in [-0.05, 0) is 68.1 Å². The van der Waals surface area contributed by atoms with Gasteiger partial charge in [0.1, 0.15) is 17.1 Å². The lowest BCUT2D eigenvalue weighted by molar-refractivity contribution is -0.141. The Morgan fingerprint density at radius 3 is 2.40 bits per heavy atom. The normalized spacial score (nSPS) is 15.0. The van der Waals surface area contributed by atoms with Gasteiger partial charge in [-0.1, -0.05) is 12.1 Å². The van der Waals surface area contributed by atoms with Crippen LogP contribution in [0.1, 0.15) is 61.9 Å². The Morgan fingerprint density at radius 1 is 1.10 bits per heavy atom. The van der Waals surface area contributed by atoms with Crippen molar-refractivity contribution in [3.63, 3.8) is 0 Å². The third-order valence-electron chi connectivity index (χ3n) is 6.17. The van der Waals surface area contributed by atoms with Crippen molar-refractivity contribution in [2.24, 2.45) is 0 Å². The first-order valence-corrected chi connectivity index (χ1v) is 12.5. The molecule has 0 bridgehead atoms. The van der Waals surface area contributed by atoms with E-state index in [4.69, 9.17) is 4.74 Å². The molecule has 3 aromatic rings. The first-order valence-electron chi connectivity index (χ1n) is 12.5. The summed E-state index contributed by atoms with van der Waals surface area (Å²) in [6.45, 7) is 8.68. The number of nitrogens with one attached hydrogen (secondary N) is 2. The zero-order chi connectivity index (χ0) is 29.4. The number of nitrogens with zero attached hydrogens (tertiary/aromatic N) is 3. The molecule has 3 heterocycles. The van der Waals surface area contributed by atoms with Crippen LogP contribution in [-0.2, 0) is 28.8 Å². The number of hydrogen-bond donors (Lipinski definition) is 3. The first-order chi connectivity index (χ1) is 18.6. The third kappa shape index (κ3) is 6.33. The van der Waals surface area contributed by atoms with E-state index >= 15 is 0 Å². The summed E-state index contributed by atoms with van der Waals surface area (Å²) in [5, 5.41) is 16.9. The van der Waals surface area contributed by atoms with Crippen LogP contribution >= 0.6 is 0 Å². The predicted molar refractivity (Wildman–Crippen MR) is 142 cm³/mol. The molecule has 0 spiro atoms. The summed E-state index contributed by atoms with van der Waals surface area (Å²) in [6.07, 6.45) is -3.72. The Hall–Kier alpha value is -4.19. The molecule has 3 N–H and O–H groups in total. The number of fused-ring (bicyclic) bond motifs is 1. The highest BCUT2D eigenvalue weighted by atomic mass is 19.4. The molecule has 9 nitrogen and oxygen atoms in total. The molecule has 0 fully saturated rings. The molecule has 1 unspecified atom stereocenters. The summed E-state index contributed by atoms with van der Waals surface area (Å²) in [6, 6.07) is 7.53. The maximum absolute atomic E-state index is 12.9. The smallest absolute Gasteiger partial charge is 0.433 e. The number of anilines is 2. The van der Waals surface area contributed by atoms with Crippen LogP contribution in [0.3, 0.4) is 0 Å². The number of rotatable bonds is 5. The Morgan fingerprint density at radius 2 is 1.82 bits per heavy atom. The number of benzene rings is 1. The molecule has 40 heavy (non-hydrogen) atoms. The lowest BCUT2D eigenvalue weighted by Gasteiger charge is -2.26. The van der Waals surface area contributed by atoms with Gasteiger partial charge in [-0.3, -0.25) is 14.7 Å². The summed E-state index contributed by atoms with van der Waals surface area (Å²) in [5.74, 6) is 0.178. The number of carbonyl (C=O) groups excluding carboxylic acids is 2. The van der Waals surface area contributed by atoms with Crippen LogP contribution in [0.4, 0.5) is 29.5 Å². The van der Waals surface area contributed by atoms with Crippen LogP contribution in [0.5, 0.6) is 0 Å². The van der Waals surface area contributed by atoms with Gasteiger partial charge in [0.15, 0.2) is 6.23 Å². The van der Waals surface area contributed by atoms with Gasteiger partial charge in [0, 0.05) is 42.7 Å². The van der Waals surface area contributed by atoms with Crippen LogP contribution in [0.25, 0.3) is 11.1 Å². The number of ether oxygens (including phenoxy) is 1. The second-order valence-corrected chi connectivity index (χ2v) is 10.5. The van der Waals surface area contributed by atoms with Crippen LogP contribution in [0, 0.1) is 6.92 Å². The minimum Gasteiger partial charge on any atom is -0.444 e. The number of aliphatic hydroxyl groups is 1. The number of carbonyl (C=O) groups is 2. The highest BCUT2D eigenvalue weighted by Crippen LogP contribution is 2.43. The fourth-order valence-electron chi connectivity index (χ4n) is 4.40. The third-order valence-corrected chi connectivity index (χ3v) is 6.17. The highest BCUT2D eigenvalue weighted by Gasteiger charge is 2.38. The maximum Gasteiger partial charge on any atom is 0.433 e. The molecular formula is C28H30F3N5O4. The van der Waals surface area contributed by atoms with Crippen LogP contribution in [-0.4, -0.2) is 37.6 Å². The summed E-state index contributed by atoms with van der Waals surface area (Å²) in [7, 11) is 0. The molecule has 1 aliphatic rings. The van der Waals surface area contributed by atoms with E-state index in [9.17, 15) is 27.9 Å². The van der Waals surface area contributed by atoms with Gasteiger partial charge in [0.25, 0.3) is 0 Å². The fraction of sp³-hybridized carbons (Fsp3) is 0.357. The van der Waals surface area contributed by atoms with Gasteiger partial charge in [-0.2, -0.15) is 13.2 Å². The second-order valence-electron chi connectivity index (χ2n) is 10.5. The van der Waals surface area contributed by atoms with Crippen LogP contribution in [0.15, 0.2) is 42.7 Å². The number of alkyl halides is 3. The Balaban J connectivity index is 1.61. The van der Waals surface area contributed by atoms with Crippen molar-refractivity contribution in [1.29, 1.82) is 0 Å². The number of hydrogen-bond acceptors (Lipinski definition) is 7. The first kappa shape index (κ1) is 28.8. The van der Waals surface area contributed by atoms with Gasteiger partial charge >= 0.3 is 12.3 Å². The summed E-state index contributed by atoms with van der Waals surface area (Å²) in [5.41, 5.74) is 2.54. The van der Waals surface area contributed by atoms with Crippen molar-refractivity contribution >= 4 is 23.5 Å². The van der Waals surface area contributed by atoms with E-state index in [-0.39, 0.29) is 19.0 Å². The Kier molecular flexibility index (Phi) is 7.75. The molecule has 2 amide bonds. The van der Waals surface area contributed by atoms with E-state index in [0.717, 1.165) is 22.8 Å². The number of aromatic nitrogens is 2. The number of amides is 2. The van der Waals surface area contributed by atoms with Crippen molar-refractivity contribution in [3.8, 4) is 11.1 Å². The van der Waals surface area contributed by atoms with Gasteiger partial charge in [-0.25, -0.2) is 9.78 Å². The number of halogens is 3. The largest absolute Gasteiger partial charge is 0.444 e. The molecule has 0 saturated heterocycles.